The number of aromatic nitrogens is 4. The summed E-state index contributed by atoms with van der Waals surface area (Å²) in [6.07, 6.45) is 1.97. The second-order valence-corrected chi connectivity index (χ2v) is 28.9. The van der Waals surface area contributed by atoms with E-state index in [1.807, 2.05) is 31.1 Å². The van der Waals surface area contributed by atoms with E-state index in [0.717, 1.165) is 151 Å². The summed E-state index contributed by atoms with van der Waals surface area (Å²) in [5.74, 6) is 1.01. The minimum Gasteiger partial charge on any atom is -0.358 e. The number of hydrogen-bond donors (Lipinski definition) is 2. The predicted molar refractivity (Wildman–Crippen MR) is 287 cm³/mol. The zero-order chi connectivity index (χ0) is 59.1. The van der Waals surface area contributed by atoms with Crippen LogP contribution < -0.4 is 0 Å². The van der Waals surface area contributed by atoms with Crippen LogP contribution in [-0.2, 0) is 86.7 Å². The van der Waals surface area contributed by atoms with Crippen LogP contribution in [0.2, 0.25) is 0 Å². The molecule has 3 aliphatic carbocycles. The Balaban J connectivity index is 0.000000140. The van der Waals surface area contributed by atoms with Crippen LogP contribution in [-0.4, -0.2) is 114 Å². The Hall–Kier alpha value is -5.05. The van der Waals surface area contributed by atoms with Gasteiger partial charge in [-0.15, -0.1) is 0 Å². The quantitative estimate of drug-likeness (QED) is 0.0557. The monoisotopic (exact) mass is 1340 g/mol. The van der Waals surface area contributed by atoms with E-state index in [1.165, 1.54) is 12.9 Å². The molecule has 6 bridgehead atoms. The number of nitrogens with one attached hydrogen (secondary N) is 2. The Kier molecular flexibility index (Phi) is 16.7. The maximum absolute atomic E-state index is 13.4. The molecule has 0 spiro atoms. The summed E-state index contributed by atoms with van der Waals surface area (Å²) in [6, 6.07) is 8.76. The number of alkyl halides is 9. The van der Waals surface area contributed by atoms with Crippen molar-refractivity contribution in [1.29, 1.82) is 0 Å². The standard InChI is InChI=1S/C20H23F3N2O3S.C18H18F3N3O2S.C18H16F3N3O2S.CH3.Pd/c1-24(2)11-17-18(26)10-14-9-16(12-3-4-12)19(17)25(14)29(27,28)15-7-5-13(6-8-15)20(21,22)23;2*19-18(20,21)11-3-5-13(6-4-11)27(25,26)24-12-7-14(10-1-2-10)17(24)15-9-22-23-16(15)8-12;;/h5-9,12,14,17,19H,3-4,10-11H2,1-2H3;3-6,9-10,12,14,17H,1-2,7-8H2,(H,22,23);3-7,9-10,12,17H,1-2,8H2,(H,22,23);1H3;/q;;;-1;. The van der Waals surface area contributed by atoms with Gasteiger partial charge in [0.2, 0.25) is 30.1 Å². The minimum atomic E-state index is -4.53. The Morgan fingerprint density at radius 2 is 0.976 bits per heavy atom. The minimum absolute atomic E-state index is 0. The van der Waals surface area contributed by atoms with Crippen molar-refractivity contribution in [3.8, 4) is 0 Å². The average molecular weight is 1340 g/mol. The van der Waals surface area contributed by atoms with Gasteiger partial charge in [0.15, 0.2) is 0 Å². The number of nitrogens with zero attached hydrogens (tertiary/aromatic N) is 6. The van der Waals surface area contributed by atoms with Crippen LogP contribution in [0.1, 0.15) is 103 Å². The number of carbonyl (C=O) groups excluding carboxylic acids is 1. The van der Waals surface area contributed by atoms with Crippen molar-refractivity contribution < 1.29 is 90.0 Å². The first-order valence-corrected chi connectivity index (χ1v) is 31.6. The fraction of sp³-hybridized carbons (Fsp3) is 0.474. The van der Waals surface area contributed by atoms with E-state index in [0.29, 0.717) is 37.1 Å². The fourth-order valence-electron chi connectivity index (χ4n) is 13.4. The summed E-state index contributed by atoms with van der Waals surface area (Å²) in [4.78, 5) is 14.2. The van der Waals surface area contributed by atoms with Gasteiger partial charge in [-0.1, -0.05) is 17.7 Å². The molecule has 2 saturated heterocycles. The van der Waals surface area contributed by atoms with Crippen LogP contribution >= 0.6 is 0 Å². The van der Waals surface area contributed by atoms with Crippen molar-refractivity contribution in [3.05, 3.63) is 155 Å². The number of sulfonamides is 3. The number of fused-ring (bicyclic) bond motifs is 10. The zero-order valence-corrected chi connectivity index (χ0v) is 49.9. The smallest absolute Gasteiger partial charge is 0.358 e. The van der Waals surface area contributed by atoms with E-state index in [4.69, 9.17) is 0 Å². The van der Waals surface area contributed by atoms with Gasteiger partial charge in [0, 0.05) is 74.8 Å². The largest absolute Gasteiger partial charge is 0.416 e. The van der Waals surface area contributed by atoms with Crippen molar-refractivity contribution in [1.82, 2.24) is 38.2 Å². The number of halogens is 9. The molecule has 9 aliphatic rings. The maximum Gasteiger partial charge on any atom is 0.416 e. The molecule has 2 aromatic heterocycles. The molecule has 3 aromatic carbocycles. The number of Topliss-reactive ketones (excluding diaryl/α,β-unsaturated/α-hetero) is 1. The van der Waals surface area contributed by atoms with E-state index in [-0.39, 0.29) is 78.8 Å². The normalized spacial score (nSPS) is 26.7. The van der Waals surface area contributed by atoms with Crippen molar-refractivity contribution in [2.45, 2.75) is 134 Å². The molecule has 6 aliphatic heterocycles. The van der Waals surface area contributed by atoms with Gasteiger partial charge in [0.05, 0.1) is 79.9 Å². The molecule has 28 heteroatoms. The number of hydrogen-bond acceptors (Lipinski definition) is 10. The van der Waals surface area contributed by atoms with Crippen LogP contribution in [0, 0.1) is 37.0 Å². The molecule has 8 heterocycles. The van der Waals surface area contributed by atoms with E-state index >= 15 is 0 Å². The van der Waals surface area contributed by atoms with Crippen molar-refractivity contribution in [2.75, 3.05) is 20.6 Å². The summed E-state index contributed by atoms with van der Waals surface area (Å²) in [6.45, 7) is 0.430. The molecule has 85 heavy (non-hydrogen) atoms. The molecule has 3 saturated carbocycles. The van der Waals surface area contributed by atoms with Gasteiger partial charge in [-0.05, 0) is 161 Å². The Morgan fingerprint density at radius 3 is 1.44 bits per heavy atom. The van der Waals surface area contributed by atoms with Crippen LogP contribution in [0.3, 0.4) is 0 Å². The van der Waals surface area contributed by atoms with Gasteiger partial charge in [0.25, 0.3) is 0 Å². The fourth-order valence-corrected chi connectivity index (χ4v) is 18.7. The van der Waals surface area contributed by atoms with Crippen LogP contribution in [0.25, 0.3) is 0 Å². The number of rotatable bonds is 11. The van der Waals surface area contributed by atoms with Gasteiger partial charge in [-0.25, -0.2) is 25.3 Å². The third kappa shape index (κ3) is 11.7. The van der Waals surface area contributed by atoms with Crippen molar-refractivity contribution in [2.24, 2.45) is 29.6 Å². The number of benzene rings is 3. The van der Waals surface area contributed by atoms with Crippen LogP contribution in [0.4, 0.5) is 39.5 Å². The molecule has 5 fully saturated rings. The first-order valence-electron chi connectivity index (χ1n) is 27.3. The molecule has 8 unspecified atom stereocenters. The van der Waals surface area contributed by atoms with Crippen molar-refractivity contribution in [3.63, 3.8) is 0 Å². The maximum atomic E-state index is 13.4. The van der Waals surface area contributed by atoms with E-state index < -0.39 is 89.3 Å². The zero-order valence-electron chi connectivity index (χ0n) is 45.9. The molecule has 15 nitrogen and oxygen atoms in total. The number of piperidine rings is 1. The molecule has 5 aromatic rings. The number of carbonyl (C=O) groups is 1. The van der Waals surface area contributed by atoms with Crippen LogP contribution in [0.15, 0.2) is 123 Å². The Bertz CT molecular complexity index is 3660. The average Bonchev–Trinajstić information content (AvgIpc) is 1.64. The topological polar surface area (TPSA) is 190 Å². The summed E-state index contributed by atoms with van der Waals surface area (Å²) in [5.41, 5.74) is 3.15. The van der Waals surface area contributed by atoms with Crippen LogP contribution in [0.5, 0.6) is 0 Å². The third-order valence-electron chi connectivity index (χ3n) is 17.5. The van der Waals surface area contributed by atoms with Crippen molar-refractivity contribution >= 4 is 35.9 Å². The molecule has 0 amide bonds. The second kappa shape index (κ2) is 22.5. The van der Waals surface area contributed by atoms with Gasteiger partial charge in [-0.2, -0.15) is 62.6 Å². The first kappa shape index (κ1) is 63.0. The second-order valence-electron chi connectivity index (χ2n) is 23.3. The summed E-state index contributed by atoms with van der Waals surface area (Å²) < 4.78 is 200. The first-order chi connectivity index (χ1) is 39.0. The Morgan fingerprint density at radius 1 is 0.553 bits per heavy atom. The summed E-state index contributed by atoms with van der Waals surface area (Å²) >= 11 is 0. The number of ketones is 1. The summed E-state index contributed by atoms with van der Waals surface area (Å²) in [5, 5.41) is 14.1. The van der Waals surface area contributed by atoms with E-state index in [1.54, 1.807) is 12.4 Å². The van der Waals surface area contributed by atoms with E-state index in [2.05, 4.69) is 20.4 Å². The molecule has 0 radical (unpaired) electrons. The predicted octanol–water partition coefficient (Wildman–Crippen LogP) is 10.3. The van der Waals surface area contributed by atoms with Gasteiger partial charge >= 0.3 is 18.5 Å². The van der Waals surface area contributed by atoms with Gasteiger partial charge < -0.3 is 12.3 Å². The third-order valence-corrected chi connectivity index (χ3v) is 23.3. The SMILES string of the molecule is CN(C)CC1C(=O)CC2C=C(C3CC3)C1N2S(=O)(=O)c1ccc(C(F)(F)F)cc1.O=S(=O)(c1ccc(C(F)(F)F)cc1)N1C2C=C(C3CC3)C1c1cn[nH]c1C2.O=S(=O)(c1ccc(C(F)(F)F)cc1)N1C2Cc3[nH]ncc3C1C(C1CC1)C2.[CH3-].[Pd]. The van der Waals surface area contributed by atoms with E-state index in [9.17, 15) is 69.6 Å². The summed E-state index contributed by atoms with van der Waals surface area (Å²) in [7, 11) is -8.22. The molecule has 14 rings (SSSR count). The molecular weight excluding hydrogens is 1280 g/mol. The number of H-pyrrole nitrogens is 2. The molecular formula is C57H60F9N8O7PdS3-. The molecule has 2 N–H and O–H groups in total. The number of aromatic amines is 2. The van der Waals surface area contributed by atoms with Gasteiger partial charge in [0.1, 0.15) is 5.78 Å². The van der Waals surface area contributed by atoms with Gasteiger partial charge in [-0.3, -0.25) is 15.0 Å². The molecule has 8 atom stereocenters. The Labute approximate surface area is 500 Å². The molecule has 462 valence electrons.